The molecule has 0 bridgehead atoms. The number of aliphatic hydroxyl groups is 7. The lowest BCUT2D eigenvalue weighted by molar-refractivity contribution is -0.332. The molecule has 0 saturated carbocycles. The van der Waals surface area contributed by atoms with Crippen LogP contribution in [0, 0.1) is 0 Å². The SMILES string of the molecule is CCC/C=C\C/C=C\CCCCCCCC(=O)OC(COCCCCCCCC/C=C\CCCCC)COC1OC(COC2OC(CO)C(O)C(O)C2O)C(O)C(O)C1O. The molecule has 2 aliphatic heterocycles. The summed E-state index contributed by atoms with van der Waals surface area (Å²) in [5.74, 6) is -0.395. The van der Waals surface area contributed by atoms with Crippen LogP contribution in [0.15, 0.2) is 36.5 Å². The molecule has 0 aliphatic carbocycles. The number of rotatable bonds is 35. The second kappa shape index (κ2) is 34.7. The van der Waals surface area contributed by atoms with Gasteiger partial charge in [-0.25, -0.2) is 0 Å². The molecule has 14 nitrogen and oxygen atoms in total. The number of carbonyl (C=O) groups is 1. The fraction of sp³-hybridized carbons (Fsp3) is 0.848. The fourth-order valence-corrected chi connectivity index (χ4v) is 7.02. The summed E-state index contributed by atoms with van der Waals surface area (Å²) in [7, 11) is 0. The normalized spacial score (nSPS) is 28.0. The third kappa shape index (κ3) is 23.1. The van der Waals surface area contributed by atoms with Crippen molar-refractivity contribution in [2.75, 3.05) is 33.0 Å². The molecule has 2 heterocycles. The molecular weight excluding hydrogens is 776 g/mol. The number of carbonyl (C=O) groups excluding carboxylic acids is 1. The minimum absolute atomic E-state index is 0.0515. The highest BCUT2D eigenvalue weighted by molar-refractivity contribution is 5.69. The van der Waals surface area contributed by atoms with E-state index in [0.29, 0.717) is 13.0 Å². The van der Waals surface area contributed by atoms with Crippen LogP contribution in [-0.4, -0.2) is 142 Å². The number of allylic oxidation sites excluding steroid dienone is 6. The molecule has 7 N–H and O–H groups in total. The van der Waals surface area contributed by atoms with Crippen LogP contribution in [0.4, 0.5) is 0 Å². The van der Waals surface area contributed by atoms with Crippen molar-refractivity contribution < 1.29 is 69.0 Å². The predicted octanol–water partition coefficient (Wildman–Crippen LogP) is 5.46. The van der Waals surface area contributed by atoms with Gasteiger partial charge in [0.1, 0.15) is 54.9 Å². The highest BCUT2D eigenvalue weighted by Crippen LogP contribution is 2.26. The van der Waals surface area contributed by atoms with Gasteiger partial charge < -0.3 is 64.2 Å². The maximum Gasteiger partial charge on any atom is 0.306 e. The zero-order valence-corrected chi connectivity index (χ0v) is 36.7. The third-order valence-electron chi connectivity index (χ3n) is 10.9. The van der Waals surface area contributed by atoms with Crippen LogP contribution in [0.3, 0.4) is 0 Å². The van der Waals surface area contributed by atoms with Crippen LogP contribution in [0.2, 0.25) is 0 Å². The first-order chi connectivity index (χ1) is 29.1. The van der Waals surface area contributed by atoms with Crippen LogP contribution >= 0.6 is 0 Å². The van der Waals surface area contributed by atoms with Crippen LogP contribution in [0.5, 0.6) is 0 Å². The van der Waals surface area contributed by atoms with E-state index in [1.807, 2.05) is 0 Å². The quantitative estimate of drug-likeness (QED) is 0.0240. The van der Waals surface area contributed by atoms with E-state index in [4.69, 9.17) is 28.4 Å². The topological polar surface area (TPSA) is 214 Å². The van der Waals surface area contributed by atoms with Gasteiger partial charge in [0.05, 0.1) is 26.4 Å². The first-order valence-electron chi connectivity index (χ1n) is 23.1. The number of unbranched alkanes of at least 4 members (excludes halogenated alkanes) is 15. The molecular formula is C46H82O14. The molecule has 0 amide bonds. The number of ether oxygens (including phenoxy) is 6. The standard InChI is InChI=1S/C46H82O14/c1-3-5-7-9-11-13-15-17-19-21-23-25-27-29-38(48)58-35(32-55-30-28-26-24-22-20-18-16-14-12-10-8-6-4-2)33-56-45-44(54)42(52)40(50)37(60-45)34-57-46-43(53)41(51)39(49)36(31-47)59-46/h7,9,12-15,35-37,39-47,49-54H,3-6,8,10-11,16-34H2,1-2H3/b9-7-,14-12-,15-13-. The largest absolute Gasteiger partial charge is 0.457 e. The molecule has 2 saturated heterocycles. The van der Waals surface area contributed by atoms with E-state index in [9.17, 15) is 40.5 Å². The number of esters is 1. The van der Waals surface area contributed by atoms with Crippen molar-refractivity contribution in [1.82, 2.24) is 0 Å². The Morgan fingerprint density at radius 1 is 0.550 bits per heavy atom. The monoisotopic (exact) mass is 859 g/mol. The Morgan fingerprint density at radius 2 is 1.07 bits per heavy atom. The van der Waals surface area contributed by atoms with Gasteiger partial charge in [0.25, 0.3) is 0 Å². The van der Waals surface area contributed by atoms with Crippen molar-refractivity contribution in [3.63, 3.8) is 0 Å². The van der Waals surface area contributed by atoms with E-state index in [-0.39, 0.29) is 19.6 Å². The van der Waals surface area contributed by atoms with Crippen molar-refractivity contribution >= 4 is 5.97 Å². The Hall–Kier alpha value is -1.79. The van der Waals surface area contributed by atoms with Gasteiger partial charge in [-0.3, -0.25) is 4.79 Å². The first-order valence-corrected chi connectivity index (χ1v) is 23.1. The molecule has 0 aromatic rings. The molecule has 2 rings (SSSR count). The Morgan fingerprint density at radius 3 is 1.68 bits per heavy atom. The average Bonchev–Trinajstić information content (AvgIpc) is 3.24. The maximum atomic E-state index is 12.9. The minimum Gasteiger partial charge on any atom is -0.457 e. The zero-order chi connectivity index (χ0) is 43.8. The maximum absolute atomic E-state index is 12.9. The molecule has 0 radical (unpaired) electrons. The van der Waals surface area contributed by atoms with Gasteiger partial charge in [0.2, 0.25) is 0 Å². The molecule has 350 valence electrons. The molecule has 60 heavy (non-hydrogen) atoms. The molecule has 0 aromatic heterocycles. The second-order valence-corrected chi connectivity index (χ2v) is 16.2. The van der Waals surface area contributed by atoms with Crippen molar-refractivity contribution in [1.29, 1.82) is 0 Å². The lowest BCUT2D eigenvalue weighted by Gasteiger charge is -2.42. The minimum atomic E-state index is -1.71. The zero-order valence-electron chi connectivity index (χ0n) is 36.7. The summed E-state index contributed by atoms with van der Waals surface area (Å²) >= 11 is 0. The van der Waals surface area contributed by atoms with Crippen LogP contribution in [0.25, 0.3) is 0 Å². The molecule has 2 aliphatic rings. The third-order valence-corrected chi connectivity index (χ3v) is 10.9. The van der Waals surface area contributed by atoms with Crippen LogP contribution in [0.1, 0.15) is 149 Å². The summed E-state index contributed by atoms with van der Waals surface area (Å²) in [6, 6.07) is 0. The number of hydrogen-bond acceptors (Lipinski definition) is 14. The Bertz CT molecular complexity index is 1130. The van der Waals surface area contributed by atoms with E-state index >= 15 is 0 Å². The van der Waals surface area contributed by atoms with Crippen molar-refractivity contribution in [2.24, 2.45) is 0 Å². The van der Waals surface area contributed by atoms with Crippen molar-refractivity contribution in [3.05, 3.63) is 36.5 Å². The summed E-state index contributed by atoms with van der Waals surface area (Å²) < 4.78 is 34.1. The lowest BCUT2D eigenvalue weighted by Crippen LogP contribution is -2.61. The molecule has 0 aromatic carbocycles. The lowest BCUT2D eigenvalue weighted by atomic mass is 9.98. The van der Waals surface area contributed by atoms with Gasteiger partial charge >= 0.3 is 5.97 Å². The summed E-state index contributed by atoms with van der Waals surface area (Å²) in [5, 5.41) is 71.9. The molecule has 11 atom stereocenters. The molecule has 11 unspecified atom stereocenters. The number of hydrogen-bond donors (Lipinski definition) is 7. The Labute approximate surface area is 359 Å². The number of aliphatic hydroxyl groups excluding tert-OH is 7. The van der Waals surface area contributed by atoms with Crippen LogP contribution in [-0.2, 0) is 33.2 Å². The van der Waals surface area contributed by atoms with Gasteiger partial charge in [-0.2, -0.15) is 0 Å². The van der Waals surface area contributed by atoms with Gasteiger partial charge in [-0.15, -0.1) is 0 Å². The van der Waals surface area contributed by atoms with E-state index in [2.05, 4.69) is 50.3 Å². The van der Waals surface area contributed by atoms with E-state index in [0.717, 1.165) is 70.6 Å². The Kier molecular flexibility index (Phi) is 31.4. The van der Waals surface area contributed by atoms with Gasteiger partial charge in [0, 0.05) is 13.0 Å². The van der Waals surface area contributed by atoms with E-state index in [1.54, 1.807) is 0 Å². The molecule has 2 fully saturated rings. The van der Waals surface area contributed by atoms with Gasteiger partial charge in [-0.05, 0) is 64.2 Å². The predicted molar refractivity (Wildman–Crippen MR) is 229 cm³/mol. The highest BCUT2D eigenvalue weighted by atomic mass is 16.7. The smallest absolute Gasteiger partial charge is 0.306 e. The summed E-state index contributed by atoms with van der Waals surface area (Å²) in [5.41, 5.74) is 0. The molecule has 0 spiro atoms. The fourth-order valence-electron chi connectivity index (χ4n) is 7.02. The van der Waals surface area contributed by atoms with E-state index in [1.165, 1.54) is 51.4 Å². The Balaban J connectivity index is 1.82. The van der Waals surface area contributed by atoms with Gasteiger partial charge in [0.15, 0.2) is 12.6 Å². The summed E-state index contributed by atoms with van der Waals surface area (Å²) in [4.78, 5) is 12.9. The summed E-state index contributed by atoms with van der Waals surface area (Å²) in [6.07, 6.45) is 19.3. The molecule has 14 heteroatoms. The highest BCUT2D eigenvalue weighted by Gasteiger charge is 2.47. The van der Waals surface area contributed by atoms with Gasteiger partial charge in [-0.1, -0.05) is 115 Å². The van der Waals surface area contributed by atoms with Crippen molar-refractivity contribution in [2.45, 2.75) is 216 Å². The average molecular weight is 859 g/mol. The first kappa shape index (κ1) is 54.3. The van der Waals surface area contributed by atoms with Crippen molar-refractivity contribution in [3.8, 4) is 0 Å². The second-order valence-electron chi connectivity index (χ2n) is 16.2. The summed E-state index contributed by atoms with van der Waals surface area (Å²) in [6.45, 7) is 3.54. The van der Waals surface area contributed by atoms with Crippen LogP contribution < -0.4 is 0 Å². The van der Waals surface area contributed by atoms with E-state index < -0.39 is 86.7 Å².